The Labute approximate surface area is 162 Å². The molecule has 7 heteroatoms. The van der Waals surface area contributed by atoms with Crippen LogP contribution in [0.4, 0.5) is 0 Å². The zero-order valence-electron chi connectivity index (χ0n) is 15.1. The van der Waals surface area contributed by atoms with Crippen LogP contribution in [0.1, 0.15) is 37.6 Å². The number of aliphatic hydroxyl groups excluding tert-OH is 1. The predicted molar refractivity (Wildman–Crippen MR) is 101 cm³/mol. The third-order valence-electron chi connectivity index (χ3n) is 4.32. The van der Waals surface area contributed by atoms with Gasteiger partial charge in [-0.15, -0.1) is 0 Å². The third kappa shape index (κ3) is 3.45. The molecule has 2 aromatic rings. The quantitative estimate of drug-likeness (QED) is 0.455. The molecule has 3 rings (SSSR count). The summed E-state index contributed by atoms with van der Waals surface area (Å²) in [5, 5.41) is 11.3. The van der Waals surface area contributed by atoms with Crippen LogP contribution in [0.15, 0.2) is 46.6 Å². The summed E-state index contributed by atoms with van der Waals surface area (Å²) >= 11 is 6.10. The molecule has 1 N–H and O–H groups in total. The van der Waals surface area contributed by atoms with Crippen molar-refractivity contribution in [2.45, 2.75) is 26.3 Å². The number of hydrogen-bond acceptors (Lipinski definition) is 5. The second-order valence-corrected chi connectivity index (χ2v) is 6.49. The fourth-order valence-electron chi connectivity index (χ4n) is 3.17. The van der Waals surface area contributed by atoms with Crippen molar-refractivity contribution in [3.05, 3.63) is 58.5 Å². The summed E-state index contributed by atoms with van der Waals surface area (Å²) in [6.45, 7) is 4.50. The average Bonchev–Trinajstić information content (AvgIpc) is 3.26. The second kappa shape index (κ2) is 7.88. The number of rotatable bonds is 6. The van der Waals surface area contributed by atoms with Crippen LogP contribution in [0.5, 0.6) is 5.75 Å². The Balaban J connectivity index is 2.14. The Morgan fingerprint density at radius 3 is 2.70 bits per heavy atom. The van der Waals surface area contributed by atoms with Crippen molar-refractivity contribution < 1.29 is 23.8 Å². The van der Waals surface area contributed by atoms with E-state index in [1.807, 2.05) is 13.8 Å². The standard InChI is InChI=1S/C20H20ClNO5/c1-3-9-22-17(14-6-5-10-27-14)16(19(24)20(22)25)18(23)12-7-8-13(21)15(11-12)26-4-2/h5-8,10-11,17,23H,3-4,9H2,1-2H3/b18-16-. The highest BCUT2D eigenvalue weighted by molar-refractivity contribution is 6.46. The number of amides is 1. The number of carbonyl (C=O) groups excluding carboxylic acids is 2. The van der Waals surface area contributed by atoms with E-state index in [1.165, 1.54) is 11.2 Å². The van der Waals surface area contributed by atoms with Gasteiger partial charge in [0, 0.05) is 12.1 Å². The molecule has 0 radical (unpaired) electrons. The van der Waals surface area contributed by atoms with E-state index in [1.54, 1.807) is 30.3 Å². The van der Waals surface area contributed by atoms with Crippen molar-refractivity contribution >= 4 is 29.1 Å². The van der Waals surface area contributed by atoms with Gasteiger partial charge < -0.3 is 19.2 Å². The van der Waals surface area contributed by atoms with Crippen LogP contribution in [0.2, 0.25) is 5.02 Å². The number of aliphatic hydroxyl groups is 1. The van der Waals surface area contributed by atoms with Gasteiger partial charge >= 0.3 is 0 Å². The zero-order valence-corrected chi connectivity index (χ0v) is 15.8. The van der Waals surface area contributed by atoms with Gasteiger partial charge in [0.1, 0.15) is 23.3 Å². The molecule has 0 bridgehead atoms. The van der Waals surface area contributed by atoms with Gasteiger partial charge in [-0.25, -0.2) is 0 Å². The van der Waals surface area contributed by atoms with Crippen LogP contribution in [0.3, 0.4) is 0 Å². The van der Waals surface area contributed by atoms with Gasteiger partial charge in [-0.1, -0.05) is 18.5 Å². The Kier molecular flexibility index (Phi) is 5.56. The molecule has 1 aromatic carbocycles. The van der Waals surface area contributed by atoms with E-state index in [0.29, 0.717) is 41.7 Å². The first-order chi connectivity index (χ1) is 13.0. The first-order valence-electron chi connectivity index (χ1n) is 8.74. The smallest absolute Gasteiger partial charge is 0.295 e. The Hall–Kier alpha value is -2.73. The fraction of sp³-hybridized carbons (Fsp3) is 0.300. The van der Waals surface area contributed by atoms with Crippen molar-refractivity contribution in [3.63, 3.8) is 0 Å². The van der Waals surface area contributed by atoms with Gasteiger partial charge in [0.15, 0.2) is 0 Å². The van der Waals surface area contributed by atoms with Crippen LogP contribution < -0.4 is 4.74 Å². The Morgan fingerprint density at radius 1 is 1.30 bits per heavy atom. The molecule has 0 saturated carbocycles. The molecule has 1 fully saturated rings. The molecule has 1 unspecified atom stereocenters. The summed E-state index contributed by atoms with van der Waals surface area (Å²) in [5.41, 5.74) is 0.335. The highest BCUT2D eigenvalue weighted by Crippen LogP contribution is 2.40. The lowest BCUT2D eigenvalue weighted by atomic mass is 9.99. The van der Waals surface area contributed by atoms with Crippen molar-refractivity contribution in [2.24, 2.45) is 0 Å². The van der Waals surface area contributed by atoms with Gasteiger partial charge in [-0.3, -0.25) is 9.59 Å². The molecule has 0 spiro atoms. The van der Waals surface area contributed by atoms with Crippen molar-refractivity contribution in [3.8, 4) is 5.75 Å². The van der Waals surface area contributed by atoms with Crippen LogP contribution in [-0.2, 0) is 9.59 Å². The van der Waals surface area contributed by atoms with Gasteiger partial charge in [-0.2, -0.15) is 0 Å². The molecule has 1 amide bonds. The van der Waals surface area contributed by atoms with Crippen molar-refractivity contribution in [1.82, 2.24) is 4.90 Å². The third-order valence-corrected chi connectivity index (χ3v) is 4.63. The second-order valence-electron chi connectivity index (χ2n) is 6.09. The van der Waals surface area contributed by atoms with Crippen LogP contribution in [0.25, 0.3) is 5.76 Å². The van der Waals surface area contributed by atoms with Gasteiger partial charge in [0.25, 0.3) is 11.7 Å². The summed E-state index contributed by atoms with van der Waals surface area (Å²) in [5.74, 6) is -0.872. The van der Waals surface area contributed by atoms with Crippen LogP contribution >= 0.6 is 11.6 Å². The van der Waals surface area contributed by atoms with E-state index in [0.717, 1.165) is 0 Å². The molecular formula is C20H20ClNO5. The number of benzene rings is 1. The molecule has 1 aromatic heterocycles. The van der Waals surface area contributed by atoms with E-state index in [-0.39, 0.29) is 11.3 Å². The average molecular weight is 390 g/mol. The minimum absolute atomic E-state index is 0.00632. The summed E-state index contributed by atoms with van der Waals surface area (Å²) in [6.07, 6.45) is 2.14. The maximum atomic E-state index is 12.7. The van der Waals surface area contributed by atoms with E-state index in [9.17, 15) is 14.7 Å². The summed E-state index contributed by atoms with van der Waals surface area (Å²) in [4.78, 5) is 26.6. The van der Waals surface area contributed by atoms with Crippen molar-refractivity contribution in [1.29, 1.82) is 0 Å². The first-order valence-corrected chi connectivity index (χ1v) is 9.11. The highest BCUT2D eigenvalue weighted by atomic mass is 35.5. The topological polar surface area (TPSA) is 80.0 Å². The first kappa shape index (κ1) is 19.0. The lowest BCUT2D eigenvalue weighted by Gasteiger charge is -2.22. The van der Waals surface area contributed by atoms with Gasteiger partial charge in [0.2, 0.25) is 0 Å². The normalized spacial score (nSPS) is 18.9. The van der Waals surface area contributed by atoms with E-state index < -0.39 is 17.7 Å². The minimum Gasteiger partial charge on any atom is -0.507 e. The molecule has 1 saturated heterocycles. The maximum absolute atomic E-state index is 12.7. The van der Waals surface area contributed by atoms with Gasteiger partial charge in [-0.05, 0) is 43.7 Å². The van der Waals surface area contributed by atoms with Crippen LogP contribution in [-0.4, -0.2) is 34.8 Å². The lowest BCUT2D eigenvalue weighted by molar-refractivity contribution is -0.140. The summed E-state index contributed by atoms with van der Waals surface area (Å²) in [6, 6.07) is 7.29. The number of carbonyl (C=O) groups is 2. The molecule has 1 aliphatic rings. The Bertz CT molecular complexity index is 888. The predicted octanol–water partition coefficient (Wildman–Crippen LogP) is 4.16. The van der Waals surface area contributed by atoms with Crippen molar-refractivity contribution in [2.75, 3.05) is 13.2 Å². The molecule has 1 aliphatic heterocycles. The number of furan rings is 1. The number of likely N-dealkylation sites (tertiary alicyclic amines) is 1. The number of hydrogen-bond donors (Lipinski definition) is 1. The molecular weight excluding hydrogens is 370 g/mol. The SMILES string of the molecule is CCCN1C(=O)C(=O)/C(=C(\O)c2ccc(Cl)c(OCC)c2)C1c1ccco1. The number of ketones is 1. The molecule has 2 heterocycles. The maximum Gasteiger partial charge on any atom is 0.295 e. The highest BCUT2D eigenvalue weighted by Gasteiger charge is 2.47. The zero-order chi connectivity index (χ0) is 19.6. The summed E-state index contributed by atoms with van der Waals surface area (Å²) in [7, 11) is 0. The number of halogens is 1. The van der Waals surface area contributed by atoms with Crippen LogP contribution in [0, 0.1) is 0 Å². The molecule has 27 heavy (non-hydrogen) atoms. The van der Waals surface area contributed by atoms with E-state index >= 15 is 0 Å². The number of ether oxygens (including phenoxy) is 1. The van der Waals surface area contributed by atoms with E-state index in [2.05, 4.69) is 0 Å². The summed E-state index contributed by atoms with van der Waals surface area (Å²) < 4.78 is 10.9. The fourth-order valence-corrected chi connectivity index (χ4v) is 3.34. The minimum atomic E-state index is -0.772. The lowest BCUT2D eigenvalue weighted by Crippen LogP contribution is -2.30. The monoisotopic (exact) mass is 389 g/mol. The molecule has 0 aliphatic carbocycles. The molecule has 6 nitrogen and oxygen atoms in total. The number of nitrogens with zero attached hydrogens (tertiary/aromatic N) is 1. The largest absolute Gasteiger partial charge is 0.507 e. The van der Waals surface area contributed by atoms with E-state index in [4.69, 9.17) is 20.8 Å². The molecule has 142 valence electrons. The Morgan fingerprint density at radius 2 is 2.07 bits per heavy atom. The number of Topliss-reactive ketones (excluding diaryl/α,β-unsaturated/α-hetero) is 1. The van der Waals surface area contributed by atoms with Gasteiger partial charge in [0.05, 0.1) is 23.5 Å². The molecule has 1 atom stereocenters.